The van der Waals surface area contributed by atoms with Crippen LogP contribution in [0.4, 0.5) is 0 Å². The van der Waals surface area contributed by atoms with Crippen LogP contribution in [0.15, 0.2) is 52.5 Å². The summed E-state index contributed by atoms with van der Waals surface area (Å²) in [5.41, 5.74) is 3.56. The van der Waals surface area contributed by atoms with Gasteiger partial charge in [0, 0.05) is 12.6 Å². The van der Waals surface area contributed by atoms with Gasteiger partial charge in [-0.1, -0.05) is 41.0 Å². The maximum absolute atomic E-state index is 12.8. The Morgan fingerprint density at radius 2 is 1.80 bits per heavy atom. The first kappa shape index (κ1) is 13.6. The summed E-state index contributed by atoms with van der Waals surface area (Å²) in [5.74, 6) is 0. The molecule has 1 heterocycles. The number of allylic oxidation sites excluding steroid dienone is 2. The molecular weight excluding hydrogens is 270 g/mol. The van der Waals surface area contributed by atoms with Gasteiger partial charge in [0.05, 0.1) is 4.90 Å². The van der Waals surface area contributed by atoms with Crippen molar-refractivity contribution >= 4 is 10.0 Å². The summed E-state index contributed by atoms with van der Waals surface area (Å²) in [6.45, 7) is 4.56. The molecule has 0 radical (unpaired) electrons. The van der Waals surface area contributed by atoms with Crippen LogP contribution in [0, 0.1) is 6.92 Å². The molecule has 0 N–H and O–H groups in total. The molecule has 3 rings (SSSR count). The van der Waals surface area contributed by atoms with Crippen molar-refractivity contribution in [2.45, 2.75) is 37.6 Å². The Morgan fingerprint density at radius 1 is 1.10 bits per heavy atom. The molecule has 1 atom stereocenters. The molecule has 0 spiro atoms. The summed E-state index contributed by atoms with van der Waals surface area (Å²) in [5, 5.41) is 0. The monoisotopic (exact) mass is 289 g/mol. The Kier molecular flexibility index (Phi) is 3.30. The van der Waals surface area contributed by atoms with Gasteiger partial charge >= 0.3 is 0 Å². The molecule has 0 amide bonds. The summed E-state index contributed by atoms with van der Waals surface area (Å²) < 4.78 is 27.3. The number of rotatable bonds is 2. The highest BCUT2D eigenvalue weighted by molar-refractivity contribution is 7.89. The maximum atomic E-state index is 12.8. The zero-order valence-electron chi connectivity index (χ0n) is 11.8. The SMILES string of the molecule is CC1=CC=C2CCN(S(=O)(=O)c3ccc(C)cc3)C1C2. The molecule has 1 aromatic rings. The van der Waals surface area contributed by atoms with Crippen LogP contribution in [0.25, 0.3) is 0 Å². The van der Waals surface area contributed by atoms with Crippen molar-refractivity contribution in [1.82, 2.24) is 4.31 Å². The van der Waals surface area contributed by atoms with E-state index in [1.54, 1.807) is 16.4 Å². The molecule has 20 heavy (non-hydrogen) atoms. The van der Waals surface area contributed by atoms with E-state index in [4.69, 9.17) is 0 Å². The molecular formula is C16H19NO2S. The lowest BCUT2D eigenvalue weighted by molar-refractivity contribution is 0.316. The quantitative estimate of drug-likeness (QED) is 0.839. The standard InChI is InChI=1S/C16H19NO2S/c1-12-3-7-15(8-4-12)20(18,19)17-10-9-14-6-5-13(2)16(17)11-14/h3-8,16H,9-11H2,1-2H3. The first-order valence-corrected chi connectivity index (χ1v) is 8.37. The smallest absolute Gasteiger partial charge is 0.207 e. The van der Waals surface area contributed by atoms with Crippen molar-refractivity contribution in [3.05, 3.63) is 53.1 Å². The van der Waals surface area contributed by atoms with E-state index in [2.05, 4.69) is 12.2 Å². The van der Waals surface area contributed by atoms with Gasteiger partial charge in [-0.2, -0.15) is 4.31 Å². The third-order valence-electron chi connectivity index (χ3n) is 4.19. The first-order valence-electron chi connectivity index (χ1n) is 6.93. The highest BCUT2D eigenvalue weighted by atomic mass is 32.2. The lowest BCUT2D eigenvalue weighted by Gasteiger charge is -2.38. The topological polar surface area (TPSA) is 37.4 Å². The highest BCUT2D eigenvalue weighted by Gasteiger charge is 2.36. The van der Waals surface area contributed by atoms with Crippen LogP contribution in [0.3, 0.4) is 0 Å². The number of hydrogen-bond acceptors (Lipinski definition) is 2. The molecule has 0 aromatic heterocycles. The van der Waals surface area contributed by atoms with E-state index in [1.165, 1.54) is 5.57 Å². The van der Waals surface area contributed by atoms with Gasteiger partial charge in [-0.05, 0) is 38.8 Å². The molecule has 1 saturated heterocycles. The van der Waals surface area contributed by atoms with E-state index in [-0.39, 0.29) is 6.04 Å². The Hall–Kier alpha value is -1.39. The van der Waals surface area contributed by atoms with E-state index in [9.17, 15) is 8.42 Å². The second-order valence-electron chi connectivity index (χ2n) is 5.63. The summed E-state index contributed by atoms with van der Waals surface area (Å²) in [6, 6.07) is 7.11. The number of sulfonamides is 1. The van der Waals surface area contributed by atoms with E-state index >= 15 is 0 Å². The Balaban J connectivity index is 1.98. The number of benzene rings is 1. The molecule has 1 unspecified atom stereocenters. The van der Waals surface area contributed by atoms with E-state index in [0.29, 0.717) is 11.4 Å². The van der Waals surface area contributed by atoms with Crippen molar-refractivity contribution in [1.29, 1.82) is 0 Å². The first-order chi connectivity index (χ1) is 9.48. The number of fused-ring (bicyclic) bond motifs is 2. The summed E-state index contributed by atoms with van der Waals surface area (Å²) in [4.78, 5) is 0.397. The Labute approximate surface area is 120 Å². The maximum Gasteiger partial charge on any atom is 0.243 e. The van der Waals surface area contributed by atoms with E-state index < -0.39 is 10.0 Å². The molecule has 1 aliphatic carbocycles. The third kappa shape index (κ3) is 2.23. The van der Waals surface area contributed by atoms with Gasteiger partial charge < -0.3 is 0 Å². The molecule has 2 aliphatic rings. The Morgan fingerprint density at radius 3 is 2.50 bits per heavy atom. The minimum Gasteiger partial charge on any atom is -0.207 e. The van der Waals surface area contributed by atoms with Gasteiger partial charge in [-0.3, -0.25) is 0 Å². The molecule has 2 bridgehead atoms. The fraction of sp³-hybridized carbons (Fsp3) is 0.375. The van der Waals surface area contributed by atoms with Crippen LogP contribution in [0.5, 0.6) is 0 Å². The van der Waals surface area contributed by atoms with Crippen molar-refractivity contribution < 1.29 is 8.42 Å². The van der Waals surface area contributed by atoms with Crippen LogP contribution in [0.2, 0.25) is 0 Å². The average Bonchev–Trinajstić information content (AvgIpc) is 2.44. The van der Waals surface area contributed by atoms with Gasteiger partial charge in [0.1, 0.15) is 0 Å². The third-order valence-corrected chi connectivity index (χ3v) is 6.11. The van der Waals surface area contributed by atoms with E-state index in [0.717, 1.165) is 24.0 Å². The van der Waals surface area contributed by atoms with Gasteiger partial charge in [0.2, 0.25) is 10.0 Å². The lowest BCUT2D eigenvalue weighted by Crippen LogP contribution is -2.45. The largest absolute Gasteiger partial charge is 0.243 e. The van der Waals surface area contributed by atoms with Crippen LogP contribution in [-0.2, 0) is 10.0 Å². The zero-order chi connectivity index (χ0) is 14.3. The molecule has 106 valence electrons. The molecule has 4 heteroatoms. The lowest BCUT2D eigenvalue weighted by atomic mass is 9.89. The number of nitrogens with zero attached hydrogens (tertiary/aromatic N) is 1. The number of aryl methyl sites for hydroxylation is 1. The number of piperidine rings is 1. The minimum atomic E-state index is -3.40. The van der Waals surface area contributed by atoms with Gasteiger partial charge in [-0.25, -0.2) is 8.42 Å². The molecule has 1 aliphatic heterocycles. The predicted molar refractivity (Wildman–Crippen MR) is 79.9 cm³/mol. The second-order valence-corrected chi connectivity index (χ2v) is 7.52. The summed E-state index contributed by atoms with van der Waals surface area (Å²) >= 11 is 0. The normalized spacial score (nSPS) is 23.2. The molecule has 0 saturated carbocycles. The van der Waals surface area contributed by atoms with Crippen LogP contribution in [0.1, 0.15) is 25.3 Å². The fourth-order valence-electron chi connectivity index (χ4n) is 2.90. The summed E-state index contributed by atoms with van der Waals surface area (Å²) in [7, 11) is -3.40. The van der Waals surface area contributed by atoms with Gasteiger partial charge in [-0.15, -0.1) is 0 Å². The second kappa shape index (κ2) is 4.86. The molecule has 1 aromatic carbocycles. The summed E-state index contributed by atoms with van der Waals surface area (Å²) in [6.07, 6.45) is 5.88. The minimum absolute atomic E-state index is 0.00458. The van der Waals surface area contributed by atoms with Gasteiger partial charge in [0.15, 0.2) is 0 Å². The van der Waals surface area contributed by atoms with Gasteiger partial charge in [0.25, 0.3) is 0 Å². The Bertz CT molecular complexity index is 684. The van der Waals surface area contributed by atoms with Crippen molar-refractivity contribution in [2.75, 3.05) is 6.54 Å². The van der Waals surface area contributed by atoms with Crippen LogP contribution < -0.4 is 0 Å². The highest BCUT2D eigenvalue weighted by Crippen LogP contribution is 2.34. The zero-order valence-corrected chi connectivity index (χ0v) is 12.7. The predicted octanol–water partition coefficient (Wildman–Crippen LogP) is 3.03. The van der Waals surface area contributed by atoms with Crippen LogP contribution >= 0.6 is 0 Å². The van der Waals surface area contributed by atoms with E-state index in [1.807, 2.05) is 26.0 Å². The van der Waals surface area contributed by atoms with Crippen molar-refractivity contribution in [3.63, 3.8) is 0 Å². The molecule has 3 nitrogen and oxygen atoms in total. The fourth-order valence-corrected chi connectivity index (χ4v) is 4.55. The average molecular weight is 289 g/mol. The van der Waals surface area contributed by atoms with Crippen molar-refractivity contribution in [2.24, 2.45) is 0 Å². The molecule has 1 fully saturated rings. The number of hydrogen-bond donors (Lipinski definition) is 0. The van der Waals surface area contributed by atoms with Crippen LogP contribution in [-0.4, -0.2) is 25.3 Å². The van der Waals surface area contributed by atoms with Crippen molar-refractivity contribution in [3.8, 4) is 0 Å².